The third kappa shape index (κ3) is 4.86. The Kier molecular flexibility index (Phi) is 6.72. The highest BCUT2D eigenvalue weighted by molar-refractivity contribution is 8.00. The molecule has 1 amide bonds. The van der Waals surface area contributed by atoms with Gasteiger partial charge in [-0.05, 0) is 37.1 Å². The normalized spacial score (nSPS) is 11.7. The first-order valence-corrected chi connectivity index (χ1v) is 10.1. The van der Waals surface area contributed by atoms with E-state index in [2.05, 4.69) is 22.1 Å². The van der Waals surface area contributed by atoms with Crippen molar-refractivity contribution in [2.45, 2.75) is 30.8 Å². The highest BCUT2D eigenvalue weighted by atomic mass is 32.2. The molecule has 2 aromatic carbocycles. The van der Waals surface area contributed by atoms with Crippen molar-refractivity contribution in [2.24, 2.45) is 0 Å². The van der Waals surface area contributed by atoms with Crippen LogP contribution in [-0.2, 0) is 11.3 Å². The van der Waals surface area contributed by atoms with Gasteiger partial charge in [0, 0.05) is 6.54 Å². The van der Waals surface area contributed by atoms with Gasteiger partial charge in [-0.15, -0.1) is 16.8 Å². The zero-order valence-corrected chi connectivity index (χ0v) is 17.6. The van der Waals surface area contributed by atoms with Crippen LogP contribution in [0.15, 0.2) is 66.3 Å². The third-order valence-electron chi connectivity index (χ3n) is 4.39. The molecule has 7 heteroatoms. The molecular formula is C22H24N4O2S. The Balaban J connectivity index is 1.94. The SMILES string of the molecule is C=CCn1c(C)nnc1S[C@@H](C(=O)Nc1cc(C)ccc1OC)c1ccccc1. The van der Waals surface area contributed by atoms with Gasteiger partial charge in [-0.1, -0.05) is 54.2 Å². The minimum Gasteiger partial charge on any atom is -0.495 e. The lowest BCUT2D eigenvalue weighted by molar-refractivity contribution is -0.115. The molecule has 0 unspecified atom stereocenters. The smallest absolute Gasteiger partial charge is 0.242 e. The van der Waals surface area contributed by atoms with Gasteiger partial charge in [0.15, 0.2) is 5.16 Å². The largest absolute Gasteiger partial charge is 0.495 e. The van der Waals surface area contributed by atoms with E-state index in [0.29, 0.717) is 23.1 Å². The highest BCUT2D eigenvalue weighted by Gasteiger charge is 2.26. The minimum atomic E-state index is -0.506. The van der Waals surface area contributed by atoms with Crippen LogP contribution in [0.2, 0.25) is 0 Å². The lowest BCUT2D eigenvalue weighted by Crippen LogP contribution is -2.20. The molecule has 0 bridgehead atoms. The van der Waals surface area contributed by atoms with E-state index in [4.69, 9.17) is 4.74 Å². The molecule has 3 aromatic rings. The monoisotopic (exact) mass is 408 g/mol. The first-order valence-electron chi connectivity index (χ1n) is 9.21. The van der Waals surface area contributed by atoms with Crippen LogP contribution in [0, 0.1) is 13.8 Å². The van der Waals surface area contributed by atoms with Gasteiger partial charge in [0.05, 0.1) is 12.8 Å². The Morgan fingerprint density at radius 3 is 2.69 bits per heavy atom. The van der Waals surface area contributed by atoms with Gasteiger partial charge < -0.3 is 14.6 Å². The molecule has 0 saturated heterocycles. The molecule has 1 heterocycles. The number of amides is 1. The van der Waals surface area contributed by atoms with Crippen LogP contribution in [0.5, 0.6) is 5.75 Å². The number of nitrogens with one attached hydrogen (secondary N) is 1. The van der Waals surface area contributed by atoms with Gasteiger partial charge in [-0.2, -0.15) is 0 Å². The molecule has 3 rings (SSSR count). The number of carbonyl (C=O) groups excluding carboxylic acids is 1. The Morgan fingerprint density at radius 1 is 1.24 bits per heavy atom. The fourth-order valence-electron chi connectivity index (χ4n) is 2.91. The van der Waals surface area contributed by atoms with Crippen molar-refractivity contribution in [3.8, 4) is 5.75 Å². The van der Waals surface area contributed by atoms with Gasteiger partial charge in [0.25, 0.3) is 0 Å². The molecule has 0 radical (unpaired) electrons. The number of aromatic nitrogens is 3. The highest BCUT2D eigenvalue weighted by Crippen LogP contribution is 2.36. The van der Waals surface area contributed by atoms with Crippen LogP contribution < -0.4 is 10.1 Å². The number of carbonyl (C=O) groups is 1. The number of thioether (sulfide) groups is 1. The molecule has 0 aliphatic rings. The molecular weight excluding hydrogens is 384 g/mol. The molecule has 1 atom stereocenters. The Morgan fingerprint density at radius 2 is 2.00 bits per heavy atom. The van der Waals surface area contributed by atoms with Gasteiger partial charge >= 0.3 is 0 Å². The molecule has 0 aliphatic heterocycles. The Bertz CT molecular complexity index is 1000. The third-order valence-corrected chi connectivity index (χ3v) is 5.62. The van der Waals surface area contributed by atoms with Gasteiger partial charge in [0.2, 0.25) is 5.91 Å². The topological polar surface area (TPSA) is 69.0 Å². The summed E-state index contributed by atoms with van der Waals surface area (Å²) in [5, 5.41) is 11.6. The lowest BCUT2D eigenvalue weighted by atomic mass is 10.1. The first kappa shape index (κ1) is 20.7. The fourth-order valence-corrected chi connectivity index (χ4v) is 4.00. The van der Waals surface area contributed by atoms with E-state index in [1.54, 1.807) is 13.2 Å². The maximum absolute atomic E-state index is 13.3. The number of nitrogens with zero attached hydrogens (tertiary/aromatic N) is 3. The number of anilines is 1. The van der Waals surface area contributed by atoms with Gasteiger partial charge in [-0.25, -0.2) is 0 Å². The summed E-state index contributed by atoms with van der Waals surface area (Å²) in [6.45, 7) is 8.23. The number of benzene rings is 2. The van der Waals surface area contributed by atoms with E-state index < -0.39 is 5.25 Å². The number of hydrogen-bond acceptors (Lipinski definition) is 5. The van der Waals surface area contributed by atoms with Crippen molar-refractivity contribution in [3.63, 3.8) is 0 Å². The van der Waals surface area contributed by atoms with Crippen molar-refractivity contribution in [2.75, 3.05) is 12.4 Å². The van der Waals surface area contributed by atoms with Crippen molar-refractivity contribution in [3.05, 3.63) is 78.1 Å². The maximum Gasteiger partial charge on any atom is 0.242 e. The van der Waals surface area contributed by atoms with Crippen molar-refractivity contribution < 1.29 is 9.53 Å². The van der Waals surface area contributed by atoms with E-state index in [0.717, 1.165) is 17.0 Å². The summed E-state index contributed by atoms with van der Waals surface area (Å²) in [6.07, 6.45) is 1.79. The van der Waals surface area contributed by atoms with Crippen LogP contribution in [-0.4, -0.2) is 27.8 Å². The van der Waals surface area contributed by atoms with Crippen molar-refractivity contribution in [1.29, 1.82) is 0 Å². The van der Waals surface area contributed by atoms with E-state index in [9.17, 15) is 4.79 Å². The van der Waals surface area contributed by atoms with E-state index in [1.165, 1.54) is 11.8 Å². The second-order valence-corrected chi connectivity index (χ2v) is 7.60. The minimum absolute atomic E-state index is 0.157. The van der Waals surface area contributed by atoms with Crippen LogP contribution in [0.25, 0.3) is 0 Å². The Hall–Kier alpha value is -3.06. The molecule has 150 valence electrons. The zero-order chi connectivity index (χ0) is 20.8. The van der Waals surface area contributed by atoms with E-state index in [-0.39, 0.29) is 5.91 Å². The maximum atomic E-state index is 13.3. The summed E-state index contributed by atoms with van der Waals surface area (Å²) in [6, 6.07) is 15.3. The van der Waals surface area contributed by atoms with Gasteiger partial charge in [0.1, 0.15) is 16.8 Å². The number of hydrogen-bond donors (Lipinski definition) is 1. The molecule has 0 spiro atoms. The Labute approximate surface area is 175 Å². The summed E-state index contributed by atoms with van der Waals surface area (Å²) >= 11 is 1.36. The summed E-state index contributed by atoms with van der Waals surface area (Å²) in [7, 11) is 1.59. The average molecular weight is 409 g/mol. The summed E-state index contributed by atoms with van der Waals surface area (Å²) in [5.41, 5.74) is 2.56. The zero-order valence-electron chi connectivity index (χ0n) is 16.8. The predicted octanol–water partition coefficient (Wildman–Crippen LogP) is 4.56. The number of methoxy groups -OCH3 is 1. The summed E-state index contributed by atoms with van der Waals surface area (Å²) in [5.74, 6) is 1.24. The second-order valence-electron chi connectivity index (χ2n) is 6.53. The van der Waals surface area contributed by atoms with E-state index >= 15 is 0 Å². The van der Waals surface area contributed by atoms with Crippen molar-refractivity contribution in [1.82, 2.24) is 14.8 Å². The average Bonchev–Trinajstić information content (AvgIpc) is 3.06. The number of allylic oxidation sites excluding steroid dienone is 1. The predicted molar refractivity (Wildman–Crippen MR) is 116 cm³/mol. The standard InChI is InChI=1S/C22H24N4O2S/c1-5-13-26-16(3)24-25-22(26)29-20(17-9-7-6-8-10-17)21(27)23-18-14-15(2)11-12-19(18)28-4/h5-12,14,20H,1,13H2,2-4H3,(H,23,27)/t20-/m1/s1. The number of aryl methyl sites for hydroxylation is 2. The fraction of sp³-hybridized carbons (Fsp3) is 0.227. The van der Waals surface area contributed by atoms with Crippen LogP contribution >= 0.6 is 11.8 Å². The van der Waals surface area contributed by atoms with Crippen LogP contribution in [0.3, 0.4) is 0 Å². The molecule has 1 aromatic heterocycles. The van der Waals surface area contributed by atoms with Gasteiger partial charge in [-0.3, -0.25) is 4.79 Å². The first-order chi connectivity index (χ1) is 14.0. The number of ether oxygens (including phenoxy) is 1. The summed E-state index contributed by atoms with van der Waals surface area (Å²) < 4.78 is 7.34. The van der Waals surface area contributed by atoms with Crippen molar-refractivity contribution >= 4 is 23.4 Å². The molecule has 1 N–H and O–H groups in total. The quantitative estimate of drug-likeness (QED) is 0.437. The summed E-state index contributed by atoms with van der Waals surface area (Å²) in [4.78, 5) is 13.3. The molecule has 29 heavy (non-hydrogen) atoms. The number of rotatable bonds is 8. The second kappa shape index (κ2) is 9.43. The lowest BCUT2D eigenvalue weighted by Gasteiger charge is -2.18. The molecule has 6 nitrogen and oxygen atoms in total. The van der Waals surface area contributed by atoms with Crippen LogP contribution in [0.4, 0.5) is 5.69 Å². The molecule has 0 aliphatic carbocycles. The van der Waals surface area contributed by atoms with Crippen LogP contribution in [0.1, 0.15) is 22.2 Å². The molecule has 0 saturated carbocycles. The van der Waals surface area contributed by atoms with E-state index in [1.807, 2.05) is 66.9 Å². The molecule has 0 fully saturated rings.